The zero-order chi connectivity index (χ0) is 24.0. The lowest BCUT2D eigenvalue weighted by molar-refractivity contribution is -0.136. The summed E-state index contributed by atoms with van der Waals surface area (Å²) >= 11 is 6.02. The third kappa shape index (κ3) is 6.03. The van der Waals surface area contributed by atoms with Gasteiger partial charge in [-0.15, -0.1) is 0 Å². The van der Waals surface area contributed by atoms with Crippen LogP contribution in [0.3, 0.4) is 0 Å². The van der Waals surface area contributed by atoms with E-state index in [-0.39, 0.29) is 11.8 Å². The van der Waals surface area contributed by atoms with Gasteiger partial charge in [-0.1, -0.05) is 17.7 Å². The van der Waals surface area contributed by atoms with Gasteiger partial charge < -0.3 is 19.3 Å². The summed E-state index contributed by atoms with van der Waals surface area (Å²) in [5.41, 5.74) is 0.150. The van der Waals surface area contributed by atoms with Crippen LogP contribution >= 0.6 is 11.6 Å². The van der Waals surface area contributed by atoms with Crippen LogP contribution < -0.4 is 9.47 Å². The van der Waals surface area contributed by atoms with Crippen LogP contribution in [-0.2, 0) is 4.79 Å². The second-order valence-electron chi connectivity index (χ2n) is 9.42. The van der Waals surface area contributed by atoms with Crippen LogP contribution in [-0.4, -0.2) is 61.5 Å². The minimum absolute atomic E-state index is 0.0418. The molecule has 182 valence electrons. The van der Waals surface area contributed by atoms with E-state index in [9.17, 15) is 9.59 Å². The quantitative estimate of drug-likeness (QED) is 0.551. The Morgan fingerprint density at radius 3 is 2.41 bits per heavy atom. The Balaban J connectivity index is 1.53. The van der Waals surface area contributed by atoms with E-state index in [4.69, 9.17) is 21.1 Å². The maximum Gasteiger partial charge on any atom is 0.254 e. The van der Waals surface area contributed by atoms with Gasteiger partial charge in [-0.2, -0.15) is 0 Å². The van der Waals surface area contributed by atoms with Crippen molar-refractivity contribution in [3.05, 3.63) is 59.1 Å². The summed E-state index contributed by atoms with van der Waals surface area (Å²) in [6.45, 7) is 3.15. The average molecular weight is 485 g/mol. The summed E-state index contributed by atoms with van der Waals surface area (Å²) in [6.07, 6.45) is 5.33. The minimum Gasteiger partial charge on any atom is -0.497 e. The Labute approximate surface area is 206 Å². The summed E-state index contributed by atoms with van der Waals surface area (Å²) in [7, 11) is 1.59. The molecule has 0 radical (unpaired) electrons. The van der Waals surface area contributed by atoms with Crippen LogP contribution in [0.4, 0.5) is 0 Å². The molecule has 0 spiro atoms. The molecule has 0 saturated carbocycles. The number of likely N-dealkylation sites (tertiary alicyclic amines) is 2. The van der Waals surface area contributed by atoms with E-state index in [1.165, 1.54) is 6.42 Å². The average Bonchev–Trinajstić information content (AvgIpc) is 2.88. The molecule has 2 saturated heterocycles. The van der Waals surface area contributed by atoms with Gasteiger partial charge in [0.2, 0.25) is 5.91 Å². The topological polar surface area (TPSA) is 59.1 Å². The molecule has 4 rings (SSSR count). The second-order valence-corrected chi connectivity index (χ2v) is 9.86. The van der Waals surface area contributed by atoms with Crippen molar-refractivity contribution >= 4 is 23.4 Å². The van der Waals surface area contributed by atoms with Gasteiger partial charge in [-0.3, -0.25) is 9.59 Å². The van der Waals surface area contributed by atoms with Gasteiger partial charge in [0.1, 0.15) is 11.5 Å². The minimum atomic E-state index is -0.444. The number of carbonyl (C=O) groups excluding carboxylic acids is 2. The van der Waals surface area contributed by atoms with Crippen LogP contribution in [0.25, 0.3) is 0 Å². The number of ether oxygens (including phenoxy) is 2. The molecule has 0 unspecified atom stereocenters. The maximum absolute atomic E-state index is 13.4. The first-order valence-corrected chi connectivity index (χ1v) is 12.5. The Hall–Kier alpha value is -2.73. The molecule has 6 nitrogen and oxygen atoms in total. The number of halogens is 1. The lowest BCUT2D eigenvalue weighted by Crippen LogP contribution is -2.51. The largest absolute Gasteiger partial charge is 0.497 e. The molecule has 0 aliphatic carbocycles. The van der Waals surface area contributed by atoms with Crippen LogP contribution in [0, 0.1) is 5.41 Å². The second kappa shape index (κ2) is 11.1. The third-order valence-electron chi connectivity index (χ3n) is 6.86. The third-order valence-corrected chi connectivity index (χ3v) is 7.11. The molecule has 1 atom stereocenters. The highest BCUT2D eigenvalue weighted by atomic mass is 35.5. The van der Waals surface area contributed by atoms with E-state index >= 15 is 0 Å². The summed E-state index contributed by atoms with van der Waals surface area (Å²) in [5.74, 6) is 1.49. The van der Waals surface area contributed by atoms with Crippen molar-refractivity contribution in [1.82, 2.24) is 9.80 Å². The van der Waals surface area contributed by atoms with Crippen LogP contribution in [0.5, 0.6) is 11.5 Å². The molecule has 2 fully saturated rings. The van der Waals surface area contributed by atoms with E-state index < -0.39 is 5.41 Å². The lowest BCUT2D eigenvalue weighted by atomic mass is 9.77. The fourth-order valence-corrected chi connectivity index (χ4v) is 5.10. The van der Waals surface area contributed by atoms with Gasteiger partial charge in [-0.05, 0) is 74.6 Å². The molecular formula is C27H33ClN2O4. The van der Waals surface area contributed by atoms with Crippen molar-refractivity contribution in [3.8, 4) is 11.5 Å². The first-order chi connectivity index (χ1) is 16.5. The van der Waals surface area contributed by atoms with Gasteiger partial charge >= 0.3 is 0 Å². The SMILES string of the molecule is COc1cccc(C(=O)N2CCC[C@](COc3ccc(Cl)cc3)(CC(=O)N3CCCCC3)C2)c1. The predicted octanol–water partition coefficient (Wildman–Crippen LogP) is 5.05. The summed E-state index contributed by atoms with van der Waals surface area (Å²) in [4.78, 5) is 30.5. The smallest absolute Gasteiger partial charge is 0.254 e. The number of benzene rings is 2. The Bertz CT molecular complexity index is 990. The Kier molecular flexibility index (Phi) is 7.99. The molecule has 2 aromatic carbocycles. The van der Waals surface area contributed by atoms with Crippen molar-refractivity contribution in [2.24, 2.45) is 5.41 Å². The maximum atomic E-state index is 13.4. The number of nitrogens with zero attached hydrogens (tertiary/aromatic N) is 2. The summed E-state index contributed by atoms with van der Waals surface area (Å²) in [6, 6.07) is 14.5. The van der Waals surface area contributed by atoms with Crippen molar-refractivity contribution in [3.63, 3.8) is 0 Å². The highest BCUT2D eigenvalue weighted by molar-refractivity contribution is 6.30. The molecule has 7 heteroatoms. The highest BCUT2D eigenvalue weighted by Crippen LogP contribution is 2.36. The van der Waals surface area contributed by atoms with Crippen molar-refractivity contribution in [2.75, 3.05) is 39.9 Å². The number of hydrogen-bond acceptors (Lipinski definition) is 4. The molecule has 0 N–H and O–H groups in total. The van der Waals surface area contributed by atoms with Crippen LogP contribution in [0.1, 0.15) is 48.9 Å². The monoisotopic (exact) mass is 484 g/mol. The molecule has 2 aliphatic rings. The predicted molar refractivity (Wildman–Crippen MR) is 133 cm³/mol. The van der Waals surface area contributed by atoms with E-state index in [2.05, 4.69) is 0 Å². The van der Waals surface area contributed by atoms with Crippen molar-refractivity contribution in [1.29, 1.82) is 0 Å². The number of amides is 2. The van der Waals surface area contributed by atoms with E-state index in [0.717, 1.165) is 38.8 Å². The van der Waals surface area contributed by atoms with E-state index in [1.54, 1.807) is 25.3 Å². The molecule has 2 aliphatic heterocycles. The fraction of sp³-hybridized carbons (Fsp3) is 0.481. The molecule has 0 bridgehead atoms. The fourth-order valence-electron chi connectivity index (χ4n) is 4.98. The van der Waals surface area contributed by atoms with Crippen LogP contribution in [0.15, 0.2) is 48.5 Å². The number of methoxy groups -OCH3 is 1. The normalized spacial score (nSPS) is 20.6. The van der Waals surface area contributed by atoms with Crippen LogP contribution in [0.2, 0.25) is 5.02 Å². The van der Waals surface area contributed by atoms with Gasteiger partial charge in [0.05, 0.1) is 13.7 Å². The van der Waals surface area contributed by atoms with Gasteiger partial charge in [-0.25, -0.2) is 0 Å². The number of hydrogen-bond donors (Lipinski definition) is 0. The molecule has 2 aromatic rings. The molecule has 34 heavy (non-hydrogen) atoms. The first-order valence-electron chi connectivity index (χ1n) is 12.1. The Morgan fingerprint density at radius 2 is 1.68 bits per heavy atom. The Morgan fingerprint density at radius 1 is 0.941 bits per heavy atom. The van der Waals surface area contributed by atoms with E-state index in [0.29, 0.717) is 48.2 Å². The molecule has 2 heterocycles. The number of rotatable bonds is 7. The number of carbonyl (C=O) groups is 2. The van der Waals surface area contributed by atoms with E-state index in [1.807, 2.05) is 40.1 Å². The number of piperidine rings is 2. The first kappa shape index (κ1) is 24.4. The van der Waals surface area contributed by atoms with Gasteiger partial charge in [0.15, 0.2) is 0 Å². The van der Waals surface area contributed by atoms with Crippen molar-refractivity contribution in [2.45, 2.75) is 38.5 Å². The highest BCUT2D eigenvalue weighted by Gasteiger charge is 2.41. The standard InChI is InChI=1S/C27H33ClN2O4/c1-33-24-8-5-7-21(17-24)26(32)30-16-6-13-27(19-30,18-25(31)29-14-3-2-4-15-29)20-34-23-11-9-22(28)10-12-23/h5,7-12,17H,2-4,6,13-16,18-20H2,1H3/t27-/m0/s1. The van der Waals surface area contributed by atoms with Gasteiger partial charge in [0.25, 0.3) is 5.91 Å². The zero-order valence-corrected chi connectivity index (χ0v) is 20.6. The van der Waals surface area contributed by atoms with Gasteiger partial charge in [0, 0.05) is 48.6 Å². The summed E-state index contributed by atoms with van der Waals surface area (Å²) in [5, 5.41) is 0.648. The molecule has 0 aromatic heterocycles. The zero-order valence-electron chi connectivity index (χ0n) is 19.8. The summed E-state index contributed by atoms with van der Waals surface area (Å²) < 4.78 is 11.5. The van der Waals surface area contributed by atoms with Crippen molar-refractivity contribution < 1.29 is 19.1 Å². The molecular weight excluding hydrogens is 452 g/mol. The lowest BCUT2D eigenvalue weighted by Gasteiger charge is -2.43. The molecule has 2 amide bonds.